The van der Waals surface area contributed by atoms with E-state index in [-0.39, 0.29) is 29.5 Å². The molecule has 2 aliphatic rings. The summed E-state index contributed by atoms with van der Waals surface area (Å²) in [5, 5.41) is 11.1. The predicted molar refractivity (Wildman–Crippen MR) is 125 cm³/mol. The number of hydrogen-bond donors (Lipinski definition) is 2. The first-order valence-electron chi connectivity index (χ1n) is 10.5. The Kier molecular flexibility index (Phi) is 10.0. The summed E-state index contributed by atoms with van der Waals surface area (Å²) in [6, 6.07) is 0. The van der Waals surface area contributed by atoms with Crippen molar-refractivity contribution in [1.29, 1.82) is 0 Å². The zero-order chi connectivity index (χ0) is 19.0. The van der Waals surface area contributed by atoms with E-state index in [1.807, 2.05) is 17.9 Å². The van der Waals surface area contributed by atoms with Crippen molar-refractivity contribution < 1.29 is 4.74 Å². The minimum atomic E-state index is 0. The van der Waals surface area contributed by atoms with Gasteiger partial charge in [0, 0.05) is 45.0 Å². The molecule has 0 atom stereocenters. The fourth-order valence-electron chi connectivity index (χ4n) is 4.32. The summed E-state index contributed by atoms with van der Waals surface area (Å²) < 4.78 is 7.44. The van der Waals surface area contributed by atoms with Crippen LogP contribution in [-0.2, 0) is 18.2 Å². The molecule has 0 aromatic carbocycles. The van der Waals surface area contributed by atoms with Gasteiger partial charge in [-0.2, -0.15) is 5.10 Å². The lowest BCUT2D eigenvalue weighted by Crippen LogP contribution is -2.56. The summed E-state index contributed by atoms with van der Waals surface area (Å²) in [5.41, 5.74) is 1.46. The Morgan fingerprint density at radius 2 is 1.96 bits per heavy atom. The van der Waals surface area contributed by atoms with Gasteiger partial charge in [-0.1, -0.05) is 19.3 Å². The van der Waals surface area contributed by atoms with E-state index in [9.17, 15) is 0 Å². The van der Waals surface area contributed by atoms with Crippen molar-refractivity contribution in [2.24, 2.45) is 12.0 Å². The molecule has 1 aliphatic heterocycles. The highest BCUT2D eigenvalue weighted by Gasteiger charge is 2.38. The molecule has 0 spiro atoms. The van der Waals surface area contributed by atoms with Gasteiger partial charge in [-0.15, -0.1) is 24.0 Å². The number of aliphatic imine (C=N–C) groups is 1. The number of hydrogen-bond acceptors (Lipinski definition) is 4. The van der Waals surface area contributed by atoms with Gasteiger partial charge in [0.15, 0.2) is 5.96 Å². The molecule has 0 amide bonds. The molecule has 2 heterocycles. The van der Waals surface area contributed by atoms with Crippen LogP contribution in [-0.4, -0.2) is 72.1 Å². The normalized spacial score (nSPS) is 20.4. The quantitative estimate of drug-likeness (QED) is 0.339. The Hall–Kier alpha value is -0.870. The number of nitrogens with zero attached hydrogens (tertiary/aromatic N) is 4. The Morgan fingerprint density at radius 3 is 2.61 bits per heavy atom. The minimum Gasteiger partial charge on any atom is -0.379 e. The fraction of sp³-hybridized carbons (Fsp3) is 0.800. The number of guanidine groups is 1. The van der Waals surface area contributed by atoms with Crippen LogP contribution in [0.2, 0.25) is 0 Å². The SMILES string of the molecule is CCNC(=NCC1(N2CCOCC2)CCCCC1)NCCc1cnn(C)c1.I. The average Bonchev–Trinajstić information content (AvgIpc) is 3.12. The van der Waals surface area contributed by atoms with Crippen LogP contribution in [0.1, 0.15) is 44.6 Å². The van der Waals surface area contributed by atoms with Gasteiger partial charge < -0.3 is 15.4 Å². The number of morpholine rings is 1. The van der Waals surface area contributed by atoms with Gasteiger partial charge >= 0.3 is 0 Å². The van der Waals surface area contributed by atoms with Crippen LogP contribution < -0.4 is 10.6 Å². The molecule has 1 aliphatic carbocycles. The van der Waals surface area contributed by atoms with E-state index >= 15 is 0 Å². The second-order valence-corrected chi connectivity index (χ2v) is 7.78. The van der Waals surface area contributed by atoms with E-state index in [1.54, 1.807) is 0 Å². The standard InChI is InChI=1S/C20H36N6O.HI/c1-3-21-19(22-10-7-18-15-24-25(2)16-18)23-17-20(8-5-4-6-9-20)26-11-13-27-14-12-26;/h15-16H,3-14,17H2,1-2H3,(H2,21,22,23);1H. The molecule has 1 aromatic rings. The maximum absolute atomic E-state index is 5.59. The molecule has 0 unspecified atom stereocenters. The number of aromatic nitrogens is 2. The molecule has 3 rings (SSSR count). The molecule has 2 N–H and O–H groups in total. The van der Waals surface area contributed by atoms with Crippen molar-refractivity contribution in [2.75, 3.05) is 45.9 Å². The highest BCUT2D eigenvalue weighted by Crippen LogP contribution is 2.34. The molecular weight excluding hydrogens is 467 g/mol. The zero-order valence-corrected chi connectivity index (χ0v) is 19.8. The van der Waals surface area contributed by atoms with Gasteiger partial charge in [-0.05, 0) is 31.7 Å². The van der Waals surface area contributed by atoms with Crippen LogP contribution >= 0.6 is 24.0 Å². The van der Waals surface area contributed by atoms with Crippen LogP contribution in [0.25, 0.3) is 0 Å². The molecule has 2 fully saturated rings. The van der Waals surface area contributed by atoms with E-state index in [0.29, 0.717) is 0 Å². The molecule has 7 nitrogen and oxygen atoms in total. The molecule has 1 aromatic heterocycles. The Balaban J connectivity index is 0.00000280. The second kappa shape index (κ2) is 12.0. The number of rotatable bonds is 7. The van der Waals surface area contributed by atoms with E-state index in [4.69, 9.17) is 9.73 Å². The third kappa shape index (κ3) is 6.59. The van der Waals surface area contributed by atoms with E-state index in [1.165, 1.54) is 37.7 Å². The van der Waals surface area contributed by atoms with Gasteiger partial charge in [0.1, 0.15) is 0 Å². The van der Waals surface area contributed by atoms with Crippen LogP contribution in [0, 0.1) is 0 Å². The fourth-order valence-corrected chi connectivity index (χ4v) is 4.32. The number of halogens is 1. The van der Waals surface area contributed by atoms with Crippen molar-refractivity contribution in [1.82, 2.24) is 25.3 Å². The monoisotopic (exact) mass is 504 g/mol. The minimum absolute atomic E-state index is 0. The highest BCUT2D eigenvalue weighted by molar-refractivity contribution is 14.0. The van der Waals surface area contributed by atoms with Gasteiger partial charge in [0.05, 0.1) is 26.0 Å². The Morgan fingerprint density at radius 1 is 1.21 bits per heavy atom. The molecule has 1 saturated carbocycles. The van der Waals surface area contributed by atoms with Crippen molar-refractivity contribution in [3.63, 3.8) is 0 Å². The first kappa shape index (κ1) is 23.4. The molecule has 8 heteroatoms. The van der Waals surface area contributed by atoms with E-state index < -0.39 is 0 Å². The smallest absolute Gasteiger partial charge is 0.191 e. The van der Waals surface area contributed by atoms with Crippen LogP contribution in [0.5, 0.6) is 0 Å². The lowest BCUT2D eigenvalue weighted by atomic mass is 9.80. The summed E-state index contributed by atoms with van der Waals surface area (Å²) in [7, 11) is 1.96. The molecular formula is C20H37IN6O. The summed E-state index contributed by atoms with van der Waals surface area (Å²) in [4.78, 5) is 7.66. The third-order valence-electron chi connectivity index (χ3n) is 5.81. The van der Waals surface area contributed by atoms with Crippen molar-refractivity contribution in [3.05, 3.63) is 18.0 Å². The number of nitrogens with one attached hydrogen (secondary N) is 2. The Labute approximate surface area is 186 Å². The molecule has 28 heavy (non-hydrogen) atoms. The second-order valence-electron chi connectivity index (χ2n) is 7.78. The molecule has 160 valence electrons. The summed E-state index contributed by atoms with van der Waals surface area (Å²) in [6.07, 6.45) is 11.5. The van der Waals surface area contributed by atoms with Gasteiger partial charge in [-0.25, -0.2) is 0 Å². The van der Waals surface area contributed by atoms with E-state index in [2.05, 4.69) is 33.8 Å². The number of aryl methyl sites for hydroxylation is 1. The van der Waals surface area contributed by atoms with Crippen LogP contribution in [0.15, 0.2) is 17.4 Å². The first-order valence-corrected chi connectivity index (χ1v) is 10.5. The Bertz CT molecular complexity index is 593. The summed E-state index contributed by atoms with van der Waals surface area (Å²) >= 11 is 0. The average molecular weight is 504 g/mol. The zero-order valence-electron chi connectivity index (χ0n) is 17.5. The van der Waals surface area contributed by atoms with Crippen molar-refractivity contribution in [3.8, 4) is 0 Å². The number of ether oxygens (including phenoxy) is 1. The van der Waals surface area contributed by atoms with Crippen molar-refractivity contribution >= 4 is 29.9 Å². The van der Waals surface area contributed by atoms with E-state index in [0.717, 1.165) is 58.3 Å². The third-order valence-corrected chi connectivity index (χ3v) is 5.81. The highest BCUT2D eigenvalue weighted by atomic mass is 127. The van der Waals surface area contributed by atoms with Crippen molar-refractivity contribution in [2.45, 2.75) is 51.0 Å². The predicted octanol–water partition coefficient (Wildman–Crippen LogP) is 2.17. The summed E-state index contributed by atoms with van der Waals surface area (Å²) in [6.45, 7) is 8.53. The molecule has 0 bridgehead atoms. The van der Waals surface area contributed by atoms with Gasteiger partial charge in [-0.3, -0.25) is 14.6 Å². The maximum atomic E-state index is 5.59. The van der Waals surface area contributed by atoms with Crippen LogP contribution in [0.4, 0.5) is 0 Å². The maximum Gasteiger partial charge on any atom is 0.191 e. The summed E-state index contributed by atoms with van der Waals surface area (Å²) in [5.74, 6) is 0.930. The van der Waals surface area contributed by atoms with Gasteiger partial charge in [0.25, 0.3) is 0 Å². The largest absolute Gasteiger partial charge is 0.379 e. The topological polar surface area (TPSA) is 66.7 Å². The lowest BCUT2D eigenvalue weighted by Gasteiger charge is -2.47. The molecule has 0 radical (unpaired) electrons. The molecule has 1 saturated heterocycles. The lowest BCUT2D eigenvalue weighted by molar-refractivity contribution is -0.0333. The van der Waals surface area contributed by atoms with Gasteiger partial charge in [0.2, 0.25) is 0 Å². The van der Waals surface area contributed by atoms with Crippen LogP contribution in [0.3, 0.4) is 0 Å². The first-order chi connectivity index (χ1) is 13.2.